The molecule has 0 aliphatic heterocycles. The number of nitrogens with one attached hydrogen (secondary N) is 1. The molecule has 0 spiro atoms. The lowest BCUT2D eigenvalue weighted by Crippen LogP contribution is -2.15. The van der Waals surface area contributed by atoms with Crippen molar-refractivity contribution in [3.05, 3.63) is 27.8 Å². The van der Waals surface area contributed by atoms with Gasteiger partial charge in [0.15, 0.2) is 0 Å². The molecule has 178 valence electrons. The fourth-order valence-electron chi connectivity index (χ4n) is 2.36. The molecule has 0 saturated heterocycles. The van der Waals surface area contributed by atoms with Crippen molar-refractivity contribution in [3.8, 4) is 5.75 Å². The Bertz CT molecular complexity index is 754. The second-order valence-corrected chi connectivity index (χ2v) is 7.91. The van der Waals surface area contributed by atoms with Gasteiger partial charge in [0.05, 0.1) is 38.0 Å². The van der Waals surface area contributed by atoms with Gasteiger partial charge in [0, 0.05) is 19.2 Å². The van der Waals surface area contributed by atoms with Crippen molar-refractivity contribution in [2.75, 3.05) is 58.4 Å². The Hall–Kier alpha value is -1.92. The summed E-state index contributed by atoms with van der Waals surface area (Å²) in [6, 6.07) is 1.19. The van der Waals surface area contributed by atoms with Gasteiger partial charge in [-0.05, 0) is 13.8 Å². The fraction of sp³-hybridized carbons (Fsp3) is 0.647. The van der Waals surface area contributed by atoms with Crippen LogP contribution in [0, 0.1) is 10.1 Å². The molecule has 10 nitrogen and oxygen atoms in total. The Labute approximate surface area is 177 Å². The zero-order valence-electron chi connectivity index (χ0n) is 17.4. The summed E-state index contributed by atoms with van der Waals surface area (Å²) in [6.07, 6.45) is -5.39. The minimum absolute atomic E-state index is 0.0235. The molecule has 1 rings (SSSR count). The Morgan fingerprint density at radius 1 is 1.10 bits per heavy atom. The molecular weight excluding hydrogens is 448 g/mol. The largest absolute Gasteiger partial charge is 0.490 e. The predicted octanol–water partition coefficient (Wildman–Crippen LogP) is 4.29. The number of nitro groups is 1. The van der Waals surface area contributed by atoms with Crippen molar-refractivity contribution >= 4 is 19.0 Å². The van der Waals surface area contributed by atoms with Crippen LogP contribution in [0.1, 0.15) is 19.4 Å². The minimum Gasteiger partial charge on any atom is -0.490 e. The summed E-state index contributed by atoms with van der Waals surface area (Å²) in [5.41, 5.74) is -2.51. The number of benzene rings is 1. The first kappa shape index (κ1) is 27.1. The second kappa shape index (κ2) is 12.8. The summed E-state index contributed by atoms with van der Waals surface area (Å²) < 4.78 is 78.1. The molecule has 0 unspecified atom stereocenters. The van der Waals surface area contributed by atoms with Gasteiger partial charge in [0.1, 0.15) is 29.9 Å². The molecular formula is C17H26F3N2O8P. The standard InChI is InChI=1S/C17H26F3N2O8P/c1-4-29-31(25,30-5-2)12-21-14-11-16(28-9-8-27-7-6-26-3)13(17(18,19)20)10-15(14)22(23)24/h10-11,21H,4-9,12H2,1-3H3. The van der Waals surface area contributed by atoms with Crippen LogP contribution in [0.25, 0.3) is 0 Å². The molecule has 14 heteroatoms. The highest BCUT2D eigenvalue weighted by molar-refractivity contribution is 7.53. The number of halogens is 3. The lowest BCUT2D eigenvalue weighted by atomic mass is 10.1. The van der Waals surface area contributed by atoms with Crippen molar-refractivity contribution in [2.24, 2.45) is 0 Å². The first-order valence-electron chi connectivity index (χ1n) is 9.29. The predicted molar refractivity (Wildman–Crippen MR) is 106 cm³/mol. The van der Waals surface area contributed by atoms with Crippen molar-refractivity contribution in [1.82, 2.24) is 0 Å². The number of ether oxygens (including phenoxy) is 3. The van der Waals surface area contributed by atoms with E-state index in [0.717, 1.165) is 6.07 Å². The number of nitrogens with zero attached hydrogens (tertiary/aromatic N) is 1. The van der Waals surface area contributed by atoms with Crippen molar-refractivity contribution in [3.63, 3.8) is 0 Å². The molecule has 1 aromatic carbocycles. The third-order valence-corrected chi connectivity index (χ3v) is 5.48. The van der Waals surface area contributed by atoms with Gasteiger partial charge in [-0.2, -0.15) is 13.2 Å². The summed E-state index contributed by atoms with van der Waals surface area (Å²) in [5.74, 6) is -0.640. The minimum atomic E-state index is -4.90. The Morgan fingerprint density at radius 2 is 1.71 bits per heavy atom. The van der Waals surface area contributed by atoms with E-state index < -0.39 is 42.0 Å². The summed E-state index contributed by atoms with van der Waals surface area (Å²) in [4.78, 5) is 10.4. The zero-order valence-corrected chi connectivity index (χ0v) is 18.3. The average molecular weight is 474 g/mol. The van der Waals surface area contributed by atoms with Gasteiger partial charge in [-0.3, -0.25) is 14.7 Å². The van der Waals surface area contributed by atoms with Crippen molar-refractivity contribution < 1.29 is 45.9 Å². The van der Waals surface area contributed by atoms with Gasteiger partial charge in [0.25, 0.3) is 5.69 Å². The molecule has 0 amide bonds. The number of alkyl halides is 3. The number of methoxy groups -OCH3 is 1. The topological polar surface area (TPSA) is 118 Å². The lowest BCUT2D eigenvalue weighted by Gasteiger charge is -2.19. The molecule has 0 aliphatic rings. The number of nitro benzene ring substituents is 1. The van der Waals surface area contributed by atoms with Crippen LogP contribution >= 0.6 is 7.60 Å². The molecule has 31 heavy (non-hydrogen) atoms. The van der Waals surface area contributed by atoms with Crippen LogP contribution in [0.5, 0.6) is 5.75 Å². The van der Waals surface area contributed by atoms with E-state index in [1.807, 2.05) is 0 Å². The number of rotatable bonds is 15. The van der Waals surface area contributed by atoms with Gasteiger partial charge < -0.3 is 28.6 Å². The highest BCUT2D eigenvalue weighted by Crippen LogP contribution is 2.49. The van der Waals surface area contributed by atoms with E-state index in [9.17, 15) is 27.9 Å². The molecule has 0 aromatic heterocycles. The van der Waals surface area contributed by atoms with Crippen molar-refractivity contribution in [1.29, 1.82) is 0 Å². The number of anilines is 1. The first-order chi connectivity index (χ1) is 14.6. The van der Waals surface area contributed by atoms with Gasteiger partial charge in [0.2, 0.25) is 0 Å². The maximum atomic E-state index is 13.4. The van der Waals surface area contributed by atoms with Crippen LogP contribution in [0.3, 0.4) is 0 Å². The average Bonchev–Trinajstić information content (AvgIpc) is 2.68. The zero-order chi connectivity index (χ0) is 23.5. The Balaban J connectivity index is 3.15. The van der Waals surface area contributed by atoms with E-state index in [-0.39, 0.29) is 38.7 Å². The van der Waals surface area contributed by atoms with Crippen LogP contribution in [-0.2, 0) is 29.3 Å². The summed E-state index contributed by atoms with van der Waals surface area (Å²) in [7, 11) is -2.19. The third kappa shape index (κ3) is 8.99. The number of hydrogen-bond acceptors (Lipinski definition) is 9. The van der Waals surface area contributed by atoms with Crippen LogP contribution in [0.2, 0.25) is 0 Å². The van der Waals surface area contributed by atoms with Crippen LogP contribution in [0.4, 0.5) is 24.5 Å². The maximum Gasteiger partial charge on any atom is 0.420 e. The fourth-order valence-corrected chi connectivity index (χ4v) is 3.77. The van der Waals surface area contributed by atoms with E-state index in [2.05, 4.69) is 5.32 Å². The van der Waals surface area contributed by atoms with E-state index in [1.54, 1.807) is 13.8 Å². The second-order valence-electron chi connectivity index (χ2n) is 5.86. The quantitative estimate of drug-likeness (QED) is 0.172. The van der Waals surface area contributed by atoms with E-state index >= 15 is 0 Å². The van der Waals surface area contributed by atoms with Gasteiger partial charge in [-0.15, -0.1) is 0 Å². The smallest absolute Gasteiger partial charge is 0.420 e. The Kier molecular flexibility index (Phi) is 11.2. The van der Waals surface area contributed by atoms with E-state index in [4.69, 9.17) is 23.3 Å². The third-order valence-electron chi connectivity index (χ3n) is 3.63. The molecule has 0 radical (unpaired) electrons. The highest BCUT2D eigenvalue weighted by Gasteiger charge is 2.38. The molecule has 1 N–H and O–H groups in total. The molecule has 1 aromatic rings. The molecule has 0 bridgehead atoms. The van der Waals surface area contributed by atoms with E-state index in [1.165, 1.54) is 7.11 Å². The summed E-state index contributed by atoms with van der Waals surface area (Å²) >= 11 is 0. The van der Waals surface area contributed by atoms with Crippen LogP contribution < -0.4 is 10.1 Å². The molecule has 0 fully saturated rings. The molecule has 0 atom stereocenters. The molecule has 0 heterocycles. The van der Waals surface area contributed by atoms with E-state index in [0.29, 0.717) is 12.7 Å². The van der Waals surface area contributed by atoms with Gasteiger partial charge >= 0.3 is 13.8 Å². The maximum absolute atomic E-state index is 13.4. The number of hydrogen-bond donors (Lipinski definition) is 1. The normalized spacial score (nSPS) is 12.1. The molecule has 0 aliphatic carbocycles. The summed E-state index contributed by atoms with van der Waals surface area (Å²) in [5, 5.41) is 13.8. The lowest BCUT2D eigenvalue weighted by molar-refractivity contribution is -0.384. The highest BCUT2D eigenvalue weighted by atomic mass is 31.2. The first-order valence-corrected chi connectivity index (χ1v) is 11.0. The van der Waals surface area contributed by atoms with Crippen molar-refractivity contribution in [2.45, 2.75) is 20.0 Å². The monoisotopic (exact) mass is 474 g/mol. The van der Waals surface area contributed by atoms with Crippen LogP contribution in [-0.4, -0.2) is 58.0 Å². The van der Waals surface area contributed by atoms with Gasteiger partial charge in [-0.1, -0.05) is 0 Å². The molecule has 0 saturated carbocycles. The Morgan fingerprint density at radius 3 is 2.23 bits per heavy atom. The summed E-state index contributed by atoms with van der Waals surface area (Å²) in [6.45, 7) is 3.52. The van der Waals surface area contributed by atoms with Gasteiger partial charge in [-0.25, -0.2) is 0 Å². The SMILES string of the molecule is CCOP(=O)(CNc1cc(OCCOCCOC)c(C(F)(F)F)cc1[N+](=O)[O-])OCC. The van der Waals surface area contributed by atoms with Crippen LogP contribution in [0.15, 0.2) is 12.1 Å².